The Morgan fingerprint density at radius 3 is 2.81 bits per heavy atom. The van der Waals surface area contributed by atoms with Gasteiger partial charge in [-0.3, -0.25) is 4.90 Å². The Kier molecular flexibility index (Phi) is 4.85. The molecule has 1 saturated heterocycles. The number of hydrogen-bond donors (Lipinski definition) is 0. The lowest BCUT2D eigenvalue weighted by molar-refractivity contribution is 0.0369. The minimum absolute atomic E-state index is 0.562. The van der Waals surface area contributed by atoms with Crippen LogP contribution in [-0.2, 0) is 22.6 Å². The van der Waals surface area contributed by atoms with Gasteiger partial charge >= 0.3 is 0 Å². The second-order valence-electron chi connectivity index (χ2n) is 5.41. The molecule has 0 spiro atoms. The van der Waals surface area contributed by atoms with E-state index >= 15 is 0 Å². The summed E-state index contributed by atoms with van der Waals surface area (Å²) >= 11 is 0. The summed E-state index contributed by atoms with van der Waals surface area (Å²) in [5.74, 6) is 1.01. The van der Waals surface area contributed by atoms with E-state index in [1.54, 1.807) is 7.11 Å². The summed E-state index contributed by atoms with van der Waals surface area (Å²) in [5, 5.41) is 0. The monoisotopic (exact) mass is 289 g/mol. The number of ether oxygens (including phenoxy) is 2. The maximum absolute atomic E-state index is 5.39. The first kappa shape index (κ1) is 14.5. The molecule has 2 heterocycles. The van der Waals surface area contributed by atoms with Gasteiger partial charge in [0.15, 0.2) is 0 Å². The molecule has 0 amide bonds. The molecule has 1 fully saturated rings. The molecule has 0 aliphatic carbocycles. The van der Waals surface area contributed by atoms with Gasteiger partial charge in [0, 0.05) is 33.3 Å². The highest BCUT2D eigenvalue weighted by Crippen LogP contribution is 2.17. The molecule has 1 aliphatic rings. The third-order valence-corrected chi connectivity index (χ3v) is 3.97. The summed E-state index contributed by atoms with van der Waals surface area (Å²) in [4.78, 5) is 7.14. The lowest BCUT2D eigenvalue weighted by atomic mass is 10.3. The van der Waals surface area contributed by atoms with Crippen LogP contribution in [0.25, 0.3) is 11.0 Å². The maximum Gasteiger partial charge on any atom is 0.135 e. The molecule has 114 valence electrons. The molecule has 0 radical (unpaired) electrons. The third-order valence-electron chi connectivity index (χ3n) is 3.97. The Morgan fingerprint density at radius 1 is 1.19 bits per heavy atom. The van der Waals surface area contributed by atoms with Gasteiger partial charge in [0.05, 0.1) is 24.2 Å². The number of nitrogens with zero attached hydrogens (tertiary/aromatic N) is 3. The Hall–Kier alpha value is -1.43. The molecule has 0 atom stereocenters. The molecule has 1 aromatic carbocycles. The molecule has 21 heavy (non-hydrogen) atoms. The number of methoxy groups -OCH3 is 1. The molecule has 0 unspecified atom stereocenters. The Labute approximate surface area is 125 Å². The first-order valence-electron chi connectivity index (χ1n) is 7.61. The molecule has 0 bridgehead atoms. The molecule has 1 aromatic heterocycles. The maximum atomic E-state index is 5.39. The topological polar surface area (TPSA) is 39.5 Å². The zero-order chi connectivity index (χ0) is 14.5. The summed E-state index contributed by atoms with van der Waals surface area (Å²) in [6.45, 7) is 6.49. The smallest absolute Gasteiger partial charge is 0.135 e. The third kappa shape index (κ3) is 3.43. The number of benzene rings is 1. The molecule has 0 N–H and O–H groups in total. The van der Waals surface area contributed by atoms with E-state index in [4.69, 9.17) is 9.47 Å². The fourth-order valence-corrected chi connectivity index (χ4v) is 2.89. The van der Waals surface area contributed by atoms with Gasteiger partial charge in [0.1, 0.15) is 12.4 Å². The van der Waals surface area contributed by atoms with Crippen molar-refractivity contribution in [3.63, 3.8) is 0 Å². The fraction of sp³-hybridized carbons (Fsp3) is 0.562. The van der Waals surface area contributed by atoms with Crippen LogP contribution in [0.3, 0.4) is 0 Å². The highest BCUT2D eigenvalue weighted by Gasteiger charge is 2.12. The predicted octanol–water partition coefficient (Wildman–Crippen LogP) is 1.91. The van der Waals surface area contributed by atoms with Gasteiger partial charge in [-0.15, -0.1) is 0 Å². The van der Waals surface area contributed by atoms with Gasteiger partial charge in [-0.1, -0.05) is 12.1 Å². The second kappa shape index (κ2) is 7.02. The quantitative estimate of drug-likeness (QED) is 0.814. The zero-order valence-corrected chi connectivity index (χ0v) is 12.6. The zero-order valence-electron chi connectivity index (χ0n) is 12.6. The van der Waals surface area contributed by atoms with Crippen LogP contribution in [0, 0.1) is 0 Å². The summed E-state index contributed by atoms with van der Waals surface area (Å²) < 4.78 is 13.0. The average molecular weight is 289 g/mol. The molecular formula is C16H23N3O2. The van der Waals surface area contributed by atoms with Crippen molar-refractivity contribution in [1.29, 1.82) is 0 Å². The minimum atomic E-state index is 0.562. The van der Waals surface area contributed by atoms with Gasteiger partial charge in [-0.2, -0.15) is 0 Å². The normalized spacial score (nSPS) is 16.6. The highest BCUT2D eigenvalue weighted by atomic mass is 16.5. The molecule has 0 saturated carbocycles. The number of hydrogen-bond acceptors (Lipinski definition) is 4. The standard InChI is InChI=1S/C16H23N3O2/c1-20-13-16-17-14-5-2-3-6-15(14)19(16)8-4-7-18-9-11-21-12-10-18/h2-3,5-6H,4,7-13H2,1H3. The summed E-state index contributed by atoms with van der Waals surface area (Å²) in [6.07, 6.45) is 1.12. The van der Waals surface area contributed by atoms with E-state index in [0.717, 1.165) is 57.2 Å². The van der Waals surface area contributed by atoms with Crippen LogP contribution in [-0.4, -0.2) is 54.4 Å². The average Bonchev–Trinajstić information content (AvgIpc) is 2.87. The largest absolute Gasteiger partial charge is 0.379 e. The van der Waals surface area contributed by atoms with Crippen LogP contribution < -0.4 is 0 Å². The second-order valence-corrected chi connectivity index (χ2v) is 5.41. The van der Waals surface area contributed by atoms with Crippen molar-refractivity contribution in [2.45, 2.75) is 19.6 Å². The van der Waals surface area contributed by atoms with E-state index in [9.17, 15) is 0 Å². The van der Waals surface area contributed by atoms with Gasteiger partial charge in [-0.05, 0) is 18.6 Å². The number of aryl methyl sites for hydroxylation is 1. The van der Waals surface area contributed by atoms with Crippen molar-refractivity contribution in [3.05, 3.63) is 30.1 Å². The number of imidazole rings is 1. The van der Waals surface area contributed by atoms with Crippen LogP contribution in [0.5, 0.6) is 0 Å². The van der Waals surface area contributed by atoms with Crippen LogP contribution in [0.2, 0.25) is 0 Å². The molecular weight excluding hydrogens is 266 g/mol. The summed E-state index contributed by atoms with van der Waals surface area (Å²) in [6, 6.07) is 8.30. The lowest BCUT2D eigenvalue weighted by Crippen LogP contribution is -2.37. The van der Waals surface area contributed by atoms with E-state index in [0.29, 0.717) is 6.61 Å². The number of para-hydroxylation sites is 2. The first-order chi connectivity index (χ1) is 10.4. The van der Waals surface area contributed by atoms with Crippen LogP contribution in [0.15, 0.2) is 24.3 Å². The Balaban J connectivity index is 1.68. The Bertz CT molecular complexity index is 576. The van der Waals surface area contributed by atoms with E-state index in [1.165, 1.54) is 5.52 Å². The lowest BCUT2D eigenvalue weighted by Gasteiger charge is -2.26. The molecule has 3 rings (SSSR count). The van der Waals surface area contributed by atoms with Gasteiger partial charge in [0.2, 0.25) is 0 Å². The molecule has 5 nitrogen and oxygen atoms in total. The van der Waals surface area contributed by atoms with Crippen molar-refractivity contribution < 1.29 is 9.47 Å². The number of morpholine rings is 1. The van der Waals surface area contributed by atoms with Gasteiger partial charge in [0.25, 0.3) is 0 Å². The first-order valence-corrected chi connectivity index (χ1v) is 7.61. The van der Waals surface area contributed by atoms with Gasteiger partial charge in [-0.25, -0.2) is 4.98 Å². The number of fused-ring (bicyclic) bond motifs is 1. The van der Waals surface area contributed by atoms with E-state index in [2.05, 4.69) is 32.7 Å². The van der Waals surface area contributed by atoms with Crippen LogP contribution in [0.1, 0.15) is 12.2 Å². The van der Waals surface area contributed by atoms with E-state index in [1.807, 2.05) is 6.07 Å². The summed E-state index contributed by atoms with van der Waals surface area (Å²) in [5.41, 5.74) is 2.25. The van der Waals surface area contributed by atoms with E-state index in [-0.39, 0.29) is 0 Å². The summed E-state index contributed by atoms with van der Waals surface area (Å²) in [7, 11) is 1.72. The fourth-order valence-electron chi connectivity index (χ4n) is 2.89. The van der Waals surface area contributed by atoms with E-state index < -0.39 is 0 Å². The van der Waals surface area contributed by atoms with Crippen molar-refractivity contribution in [3.8, 4) is 0 Å². The van der Waals surface area contributed by atoms with Crippen molar-refractivity contribution in [1.82, 2.24) is 14.5 Å². The van der Waals surface area contributed by atoms with Crippen LogP contribution in [0.4, 0.5) is 0 Å². The molecule has 1 aliphatic heterocycles. The SMILES string of the molecule is COCc1nc2ccccc2n1CCCN1CCOCC1. The highest BCUT2D eigenvalue weighted by molar-refractivity contribution is 5.75. The Morgan fingerprint density at radius 2 is 2.00 bits per heavy atom. The van der Waals surface area contributed by atoms with Gasteiger partial charge < -0.3 is 14.0 Å². The van der Waals surface area contributed by atoms with Crippen molar-refractivity contribution >= 4 is 11.0 Å². The molecule has 2 aromatic rings. The minimum Gasteiger partial charge on any atom is -0.379 e. The number of aromatic nitrogens is 2. The van der Waals surface area contributed by atoms with Crippen molar-refractivity contribution in [2.24, 2.45) is 0 Å². The van der Waals surface area contributed by atoms with Crippen molar-refractivity contribution in [2.75, 3.05) is 40.0 Å². The number of rotatable bonds is 6. The van der Waals surface area contributed by atoms with Crippen LogP contribution >= 0.6 is 0 Å². The molecule has 5 heteroatoms. The predicted molar refractivity (Wildman–Crippen MR) is 82.3 cm³/mol.